The zero-order valence-electron chi connectivity index (χ0n) is 15.9. The molecule has 0 saturated carbocycles. The second-order valence-corrected chi connectivity index (χ2v) is 6.82. The largest absolute Gasteiger partial charge is 0.370 e. The second-order valence-electron chi connectivity index (χ2n) is 6.82. The van der Waals surface area contributed by atoms with Gasteiger partial charge in [-0.05, 0) is 60.5 Å². The number of aromatic nitrogens is 3. The third kappa shape index (κ3) is 3.74. The molecule has 0 radical (unpaired) electrons. The van der Waals surface area contributed by atoms with E-state index in [-0.39, 0.29) is 5.82 Å². The molecule has 0 saturated heterocycles. The molecule has 4 nitrogen and oxygen atoms in total. The van der Waals surface area contributed by atoms with Crippen molar-refractivity contribution in [2.75, 3.05) is 11.9 Å². The van der Waals surface area contributed by atoms with Gasteiger partial charge in [0.2, 0.25) is 0 Å². The first-order chi connectivity index (χ1) is 13.8. The van der Waals surface area contributed by atoms with Crippen molar-refractivity contribution in [2.24, 2.45) is 0 Å². The zero-order chi connectivity index (χ0) is 19.3. The normalized spacial score (nSPS) is 11.1. The lowest BCUT2D eigenvalue weighted by Crippen LogP contribution is -2.03. The molecule has 3 aromatic heterocycles. The average molecular weight is 374 g/mol. The van der Waals surface area contributed by atoms with Crippen LogP contribution in [0.15, 0.2) is 67.0 Å². The van der Waals surface area contributed by atoms with Crippen molar-refractivity contribution in [2.45, 2.75) is 26.2 Å². The first kappa shape index (κ1) is 18.2. The number of hydrogen-bond acceptors (Lipinski definition) is 3. The Balaban J connectivity index is 1.77. The monoisotopic (exact) mass is 374 g/mol. The second kappa shape index (κ2) is 8.21. The summed E-state index contributed by atoms with van der Waals surface area (Å²) in [5.41, 5.74) is 4.77. The molecule has 0 fully saturated rings. The zero-order valence-corrected chi connectivity index (χ0v) is 15.9. The molecule has 0 spiro atoms. The van der Waals surface area contributed by atoms with Gasteiger partial charge in [0, 0.05) is 30.1 Å². The van der Waals surface area contributed by atoms with E-state index in [4.69, 9.17) is 5.10 Å². The van der Waals surface area contributed by atoms with Gasteiger partial charge < -0.3 is 5.32 Å². The number of hydrogen-bond donors (Lipinski definition) is 1. The summed E-state index contributed by atoms with van der Waals surface area (Å²) in [4.78, 5) is 4.45. The summed E-state index contributed by atoms with van der Waals surface area (Å²) in [5.74, 6) is 0.602. The summed E-state index contributed by atoms with van der Waals surface area (Å²) in [6, 6.07) is 16.5. The van der Waals surface area contributed by atoms with Crippen LogP contribution in [0.2, 0.25) is 0 Å². The molecule has 1 N–H and O–H groups in total. The van der Waals surface area contributed by atoms with Crippen LogP contribution in [-0.2, 0) is 0 Å². The third-order valence-corrected chi connectivity index (χ3v) is 4.79. The molecular formula is C23H23FN4. The summed E-state index contributed by atoms with van der Waals surface area (Å²) in [6.45, 7) is 3.10. The number of halogens is 1. The number of anilines is 1. The molecule has 0 bridgehead atoms. The fourth-order valence-corrected chi connectivity index (χ4v) is 3.37. The van der Waals surface area contributed by atoms with Crippen LogP contribution in [0.4, 0.5) is 10.2 Å². The van der Waals surface area contributed by atoms with E-state index in [0.29, 0.717) is 0 Å². The Morgan fingerprint density at radius 1 is 1.00 bits per heavy atom. The quantitative estimate of drug-likeness (QED) is 0.415. The minimum atomic E-state index is -0.253. The van der Waals surface area contributed by atoms with E-state index in [0.717, 1.165) is 46.7 Å². The maximum Gasteiger partial charge on any atom is 0.126 e. The molecule has 0 aliphatic carbocycles. The highest BCUT2D eigenvalue weighted by atomic mass is 19.1. The first-order valence-corrected chi connectivity index (χ1v) is 9.70. The van der Waals surface area contributed by atoms with Gasteiger partial charge in [-0.2, -0.15) is 5.10 Å². The van der Waals surface area contributed by atoms with Crippen LogP contribution >= 0.6 is 0 Å². The summed E-state index contributed by atoms with van der Waals surface area (Å²) in [5, 5.41) is 8.17. The number of nitrogens with zero attached hydrogens (tertiary/aromatic N) is 3. The fourth-order valence-electron chi connectivity index (χ4n) is 3.37. The smallest absolute Gasteiger partial charge is 0.126 e. The molecule has 0 unspecified atom stereocenters. The average Bonchev–Trinajstić information content (AvgIpc) is 3.11. The molecular weight excluding hydrogens is 351 g/mol. The van der Waals surface area contributed by atoms with E-state index < -0.39 is 0 Å². The van der Waals surface area contributed by atoms with E-state index in [9.17, 15) is 4.39 Å². The molecule has 1 aromatic carbocycles. The van der Waals surface area contributed by atoms with Gasteiger partial charge in [0.05, 0.1) is 5.52 Å². The van der Waals surface area contributed by atoms with E-state index in [1.165, 1.54) is 25.0 Å². The van der Waals surface area contributed by atoms with Crippen LogP contribution in [0.1, 0.15) is 26.2 Å². The van der Waals surface area contributed by atoms with E-state index in [1.54, 1.807) is 12.1 Å². The number of benzene rings is 1. The van der Waals surface area contributed by atoms with Gasteiger partial charge in [-0.15, -0.1) is 0 Å². The molecule has 142 valence electrons. The van der Waals surface area contributed by atoms with Crippen LogP contribution < -0.4 is 5.32 Å². The number of nitrogens with one attached hydrogen (secondary N) is 1. The Morgan fingerprint density at radius 3 is 2.68 bits per heavy atom. The molecule has 0 aliphatic heterocycles. The van der Waals surface area contributed by atoms with Crippen molar-refractivity contribution in [3.63, 3.8) is 0 Å². The van der Waals surface area contributed by atoms with Gasteiger partial charge >= 0.3 is 0 Å². The number of pyridine rings is 2. The maximum atomic E-state index is 13.4. The minimum Gasteiger partial charge on any atom is -0.370 e. The number of unbranched alkanes of at least 4 members (excludes halogenated alkanes) is 2. The van der Waals surface area contributed by atoms with Gasteiger partial charge in [-0.3, -0.25) is 0 Å². The van der Waals surface area contributed by atoms with E-state index >= 15 is 0 Å². The summed E-state index contributed by atoms with van der Waals surface area (Å²) in [7, 11) is 0. The minimum absolute atomic E-state index is 0.253. The fraction of sp³-hybridized carbons (Fsp3) is 0.217. The van der Waals surface area contributed by atoms with Gasteiger partial charge in [-0.1, -0.05) is 25.8 Å². The standard InChI is InChI=1S/C23H23FN4/c1-2-3-5-13-25-21-16-18(12-14-26-21)22-20-7-4-6-15-28(20)27-23(22)17-8-10-19(24)11-9-17/h4,6-12,14-16H,2-3,5,13H2,1H3,(H,25,26). The molecule has 0 aliphatic rings. The van der Waals surface area contributed by atoms with Crippen molar-refractivity contribution < 1.29 is 4.39 Å². The van der Waals surface area contributed by atoms with Crippen LogP contribution in [0.25, 0.3) is 27.9 Å². The molecule has 0 atom stereocenters. The highest BCUT2D eigenvalue weighted by Gasteiger charge is 2.16. The van der Waals surface area contributed by atoms with Crippen molar-refractivity contribution in [1.29, 1.82) is 0 Å². The van der Waals surface area contributed by atoms with Crippen LogP contribution in [0.3, 0.4) is 0 Å². The number of fused-ring (bicyclic) bond motifs is 1. The Labute approximate surface area is 164 Å². The Kier molecular flexibility index (Phi) is 5.33. The van der Waals surface area contributed by atoms with Gasteiger partial charge in [0.15, 0.2) is 0 Å². The highest BCUT2D eigenvalue weighted by molar-refractivity contribution is 5.92. The molecule has 0 amide bonds. The SMILES string of the molecule is CCCCCNc1cc(-c2c(-c3ccc(F)cc3)nn3ccccc23)ccn1. The number of rotatable bonds is 7. The van der Waals surface area contributed by atoms with Crippen molar-refractivity contribution in [3.05, 3.63) is 72.8 Å². The lowest BCUT2D eigenvalue weighted by molar-refractivity contribution is 0.628. The maximum absolute atomic E-state index is 13.4. The summed E-state index contributed by atoms with van der Waals surface area (Å²) in [6.07, 6.45) is 7.27. The Bertz CT molecular complexity index is 1070. The summed E-state index contributed by atoms with van der Waals surface area (Å²) >= 11 is 0. The lowest BCUT2D eigenvalue weighted by atomic mass is 10.0. The van der Waals surface area contributed by atoms with Gasteiger partial charge in [-0.25, -0.2) is 13.9 Å². The Hall–Kier alpha value is -3.21. The topological polar surface area (TPSA) is 42.2 Å². The van der Waals surface area contributed by atoms with Crippen LogP contribution in [0.5, 0.6) is 0 Å². The lowest BCUT2D eigenvalue weighted by Gasteiger charge is -2.08. The molecule has 5 heteroatoms. The third-order valence-electron chi connectivity index (χ3n) is 4.79. The molecule has 28 heavy (non-hydrogen) atoms. The van der Waals surface area contributed by atoms with Crippen LogP contribution in [-0.4, -0.2) is 21.1 Å². The summed E-state index contributed by atoms with van der Waals surface area (Å²) < 4.78 is 15.3. The van der Waals surface area contributed by atoms with Gasteiger partial charge in [0.1, 0.15) is 17.3 Å². The van der Waals surface area contributed by atoms with Crippen molar-refractivity contribution in [3.8, 4) is 22.4 Å². The van der Waals surface area contributed by atoms with Crippen LogP contribution in [0, 0.1) is 5.82 Å². The molecule has 4 aromatic rings. The van der Waals surface area contributed by atoms with E-state index in [2.05, 4.69) is 23.3 Å². The Morgan fingerprint density at radius 2 is 1.86 bits per heavy atom. The first-order valence-electron chi connectivity index (χ1n) is 9.70. The predicted octanol–water partition coefficient (Wildman–Crippen LogP) is 5.80. The van der Waals surface area contributed by atoms with Crippen molar-refractivity contribution in [1.82, 2.24) is 14.6 Å². The van der Waals surface area contributed by atoms with Gasteiger partial charge in [0.25, 0.3) is 0 Å². The molecule has 4 rings (SSSR count). The van der Waals surface area contributed by atoms with Crippen molar-refractivity contribution >= 4 is 11.3 Å². The highest BCUT2D eigenvalue weighted by Crippen LogP contribution is 2.35. The predicted molar refractivity (Wildman–Crippen MR) is 112 cm³/mol. The molecule has 3 heterocycles. The van der Waals surface area contributed by atoms with E-state index in [1.807, 2.05) is 41.2 Å².